The van der Waals surface area contributed by atoms with E-state index in [1.807, 2.05) is 36.4 Å². The minimum atomic E-state index is -3.93. The van der Waals surface area contributed by atoms with Crippen molar-refractivity contribution >= 4 is 50.1 Å². The zero-order valence-corrected chi connectivity index (χ0v) is 22.7. The largest absolute Gasteiger partial charge is 0.490 e. The highest BCUT2D eigenvalue weighted by atomic mass is 32.2. The summed E-state index contributed by atoms with van der Waals surface area (Å²) in [5.74, 6) is 0.529. The number of nitrogens with zero attached hydrogens (tertiary/aromatic N) is 1. The van der Waals surface area contributed by atoms with Gasteiger partial charge in [-0.05, 0) is 66.7 Å². The lowest BCUT2D eigenvalue weighted by atomic mass is 10.2. The monoisotopic (exact) mass is 572 g/mol. The molecule has 40 heavy (non-hydrogen) atoms. The fourth-order valence-corrected chi connectivity index (χ4v) is 6.01. The molecule has 1 aliphatic rings. The third-order valence-corrected chi connectivity index (χ3v) is 8.37. The normalized spacial score (nSPS) is 13.0. The lowest BCUT2D eigenvalue weighted by Gasteiger charge is -2.12. The Hall–Kier alpha value is -4.48. The van der Waals surface area contributed by atoms with Crippen LogP contribution >= 0.6 is 11.8 Å². The van der Waals surface area contributed by atoms with Crippen LogP contribution in [0.25, 0.3) is 11.0 Å². The molecule has 1 aliphatic heterocycles. The van der Waals surface area contributed by atoms with Gasteiger partial charge in [-0.25, -0.2) is 13.4 Å². The van der Waals surface area contributed by atoms with Gasteiger partial charge in [0.25, 0.3) is 15.9 Å². The van der Waals surface area contributed by atoms with Crippen molar-refractivity contribution in [1.29, 1.82) is 0 Å². The molecule has 2 heterocycles. The number of nitrogens with one attached hydrogen (secondary N) is 3. The Balaban J connectivity index is 1.11. The van der Waals surface area contributed by atoms with Gasteiger partial charge in [0, 0.05) is 34.3 Å². The van der Waals surface area contributed by atoms with E-state index in [0.29, 0.717) is 36.0 Å². The van der Waals surface area contributed by atoms with Crippen molar-refractivity contribution in [2.45, 2.75) is 21.4 Å². The standard InChI is InChI=1S/C29H24N4O5S2/c34-28(30-20-9-11-22(12-10-20)39-29-31-24-7-1-2-8-25(24)32-29)19-5-3-6-21(17-19)33-40(35,36)23-13-14-26-27(18-23)38-16-4-15-37-26/h1-3,5-14,17-18,33H,4,15-16H2,(H,30,34)(H,31,32). The summed E-state index contributed by atoms with van der Waals surface area (Å²) < 4.78 is 39.8. The van der Waals surface area contributed by atoms with Crippen molar-refractivity contribution in [3.8, 4) is 11.5 Å². The molecule has 0 spiro atoms. The molecule has 3 N–H and O–H groups in total. The SMILES string of the molecule is O=C(Nc1ccc(Sc2nc3ccccc3[nH]2)cc1)c1cccc(NS(=O)(=O)c2ccc3c(c2)OCCCO3)c1. The number of rotatable bonds is 7. The number of anilines is 2. The summed E-state index contributed by atoms with van der Waals surface area (Å²) in [5.41, 5.74) is 3.05. The predicted octanol–water partition coefficient (Wildman–Crippen LogP) is 5.93. The smallest absolute Gasteiger partial charge is 0.262 e. The Morgan fingerprint density at radius 3 is 2.48 bits per heavy atom. The topological polar surface area (TPSA) is 122 Å². The van der Waals surface area contributed by atoms with Crippen molar-refractivity contribution in [2.75, 3.05) is 23.3 Å². The zero-order valence-electron chi connectivity index (χ0n) is 21.1. The molecule has 0 saturated heterocycles. The number of hydrogen-bond donors (Lipinski definition) is 3. The number of carbonyl (C=O) groups excluding carboxylic acids is 1. The van der Waals surface area contributed by atoms with Gasteiger partial charge in [0.05, 0.1) is 29.1 Å². The van der Waals surface area contributed by atoms with E-state index in [2.05, 4.69) is 20.0 Å². The van der Waals surface area contributed by atoms with Gasteiger partial charge < -0.3 is 19.8 Å². The van der Waals surface area contributed by atoms with Crippen LogP contribution in [0.15, 0.2) is 106 Å². The third-order valence-electron chi connectivity index (χ3n) is 6.10. The van der Waals surface area contributed by atoms with E-state index in [1.54, 1.807) is 36.4 Å². The fraction of sp³-hybridized carbons (Fsp3) is 0.103. The van der Waals surface area contributed by atoms with E-state index in [1.165, 1.54) is 30.0 Å². The molecule has 0 aliphatic carbocycles. The molecule has 1 amide bonds. The molecule has 0 atom stereocenters. The van der Waals surface area contributed by atoms with Gasteiger partial charge in [0.15, 0.2) is 16.7 Å². The number of carbonyl (C=O) groups is 1. The predicted molar refractivity (Wildman–Crippen MR) is 154 cm³/mol. The number of para-hydroxylation sites is 2. The van der Waals surface area contributed by atoms with E-state index in [9.17, 15) is 13.2 Å². The number of fused-ring (bicyclic) bond motifs is 2. The molecule has 0 saturated carbocycles. The van der Waals surface area contributed by atoms with Crippen LogP contribution in [-0.4, -0.2) is 37.5 Å². The Kier molecular flexibility index (Phi) is 7.06. The lowest BCUT2D eigenvalue weighted by Crippen LogP contribution is -2.15. The highest BCUT2D eigenvalue weighted by Crippen LogP contribution is 2.33. The van der Waals surface area contributed by atoms with E-state index in [-0.39, 0.29) is 16.5 Å². The average Bonchev–Trinajstić information content (AvgIpc) is 3.21. The summed E-state index contributed by atoms with van der Waals surface area (Å²) in [7, 11) is -3.93. The quantitative estimate of drug-likeness (QED) is 0.221. The van der Waals surface area contributed by atoms with E-state index < -0.39 is 10.0 Å². The molecule has 9 nitrogen and oxygen atoms in total. The molecule has 1 aromatic heterocycles. The van der Waals surface area contributed by atoms with Crippen molar-refractivity contribution in [3.05, 3.63) is 96.6 Å². The van der Waals surface area contributed by atoms with Crippen LogP contribution in [0.5, 0.6) is 11.5 Å². The Morgan fingerprint density at radius 2 is 1.65 bits per heavy atom. The molecule has 6 rings (SSSR count). The molecule has 4 aromatic carbocycles. The number of sulfonamides is 1. The second-order valence-electron chi connectivity index (χ2n) is 8.98. The van der Waals surface area contributed by atoms with Gasteiger partial charge in [-0.1, -0.05) is 30.0 Å². The first-order valence-electron chi connectivity index (χ1n) is 12.5. The molecule has 5 aromatic rings. The first-order chi connectivity index (χ1) is 19.4. The number of hydrogen-bond acceptors (Lipinski definition) is 7. The van der Waals surface area contributed by atoms with Crippen molar-refractivity contribution in [3.63, 3.8) is 0 Å². The van der Waals surface area contributed by atoms with Crippen LogP contribution in [0.1, 0.15) is 16.8 Å². The molecular formula is C29H24N4O5S2. The zero-order chi connectivity index (χ0) is 27.5. The minimum Gasteiger partial charge on any atom is -0.490 e. The molecule has 0 unspecified atom stereocenters. The van der Waals surface area contributed by atoms with Crippen LogP contribution in [0.4, 0.5) is 11.4 Å². The molecule has 0 fully saturated rings. The summed E-state index contributed by atoms with van der Waals surface area (Å²) in [6.45, 7) is 0.960. The summed E-state index contributed by atoms with van der Waals surface area (Å²) in [5, 5.41) is 3.63. The first kappa shape index (κ1) is 25.8. The van der Waals surface area contributed by atoms with E-state index in [4.69, 9.17) is 9.47 Å². The molecule has 0 bridgehead atoms. The van der Waals surface area contributed by atoms with Crippen LogP contribution in [-0.2, 0) is 10.0 Å². The van der Waals surface area contributed by atoms with Gasteiger partial charge in [-0.15, -0.1) is 0 Å². The van der Waals surface area contributed by atoms with Crippen molar-refractivity contribution in [1.82, 2.24) is 9.97 Å². The first-order valence-corrected chi connectivity index (χ1v) is 14.8. The Morgan fingerprint density at radius 1 is 0.850 bits per heavy atom. The second kappa shape index (κ2) is 10.9. The number of aromatic amines is 1. The van der Waals surface area contributed by atoms with Crippen LogP contribution in [0.3, 0.4) is 0 Å². The number of aromatic nitrogens is 2. The maximum Gasteiger partial charge on any atom is 0.262 e. The summed E-state index contributed by atoms with van der Waals surface area (Å²) >= 11 is 1.49. The Bertz CT molecular complexity index is 1770. The number of benzene rings is 4. The van der Waals surface area contributed by atoms with Crippen LogP contribution < -0.4 is 19.5 Å². The molecule has 11 heteroatoms. The van der Waals surface area contributed by atoms with Gasteiger partial charge >= 0.3 is 0 Å². The second-order valence-corrected chi connectivity index (χ2v) is 11.7. The summed E-state index contributed by atoms with van der Waals surface area (Å²) in [6, 6.07) is 26.0. The van der Waals surface area contributed by atoms with Crippen molar-refractivity contribution in [2.24, 2.45) is 0 Å². The number of H-pyrrole nitrogens is 1. The third kappa shape index (κ3) is 5.75. The Labute approximate surface area is 235 Å². The highest BCUT2D eigenvalue weighted by Gasteiger charge is 2.19. The van der Waals surface area contributed by atoms with Crippen LogP contribution in [0.2, 0.25) is 0 Å². The molecule has 0 radical (unpaired) electrons. The van der Waals surface area contributed by atoms with Gasteiger partial charge in [-0.3, -0.25) is 9.52 Å². The van der Waals surface area contributed by atoms with Crippen molar-refractivity contribution < 1.29 is 22.7 Å². The molecule has 202 valence electrons. The molecular weight excluding hydrogens is 548 g/mol. The lowest BCUT2D eigenvalue weighted by molar-refractivity contribution is 0.102. The van der Waals surface area contributed by atoms with E-state index >= 15 is 0 Å². The number of ether oxygens (including phenoxy) is 2. The summed E-state index contributed by atoms with van der Waals surface area (Å²) in [4.78, 5) is 21.8. The minimum absolute atomic E-state index is 0.0345. The maximum atomic E-state index is 13.0. The van der Waals surface area contributed by atoms with Crippen LogP contribution in [0, 0.1) is 0 Å². The number of imidazole rings is 1. The van der Waals surface area contributed by atoms with Gasteiger partial charge in [-0.2, -0.15) is 0 Å². The summed E-state index contributed by atoms with van der Waals surface area (Å²) in [6.07, 6.45) is 0.718. The van der Waals surface area contributed by atoms with Gasteiger partial charge in [0.2, 0.25) is 0 Å². The maximum absolute atomic E-state index is 13.0. The highest BCUT2D eigenvalue weighted by molar-refractivity contribution is 7.99. The average molecular weight is 573 g/mol. The van der Waals surface area contributed by atoms with Gasteiger partial charge in [0.1, 0.15) is 0 Å². The number of amides is 1. The fourth-order valence-electron chi connectivity index (χ4n) is 4.15. The van der Waals surface area contributed by atoms with E-state index in [0.717, 1.165) is 27.5 Å².